The minimum atomic E-state index is -1.87. The average molecular weight is 892 g/mol. The number of amides is 1. The van der Waals surface area contributed by atoms with Gasteiger partial charge in [-0.25, -0.2) is 9.18 Å². The first kappa shape index (κ1) is 45.8. The summed E-state index contributed by atoms with van der Waals surface area (Å²) in [6.07, 6.45) is -10.2. The Hall–Kier alpha value is -2.39. The van der Waals surface area contributed by atoms with E-state index in [1.165, 1.54) is 18.2 Å². The molecule has 0 aromatic heterocycles. The third-order valence-corrected chi connectivity index (χ3v) is 17.2. The largest absolute Gasteiger partial charge is 0.446 e. The van der Waals surface area contributed by atoms with E-state index >= 15 is 0 Å². The van der Waals surface area contributed by atoms with Crippen molar-refractivity contribution in [2.45, 2.75) is 165 Å². The van der Waals surface area contributed by atoms with Crippen molar-refractivity contribution in [2.24, 2.45) is 52.3 Å². The number of anilines is 1. The lowest BCUT2D eigenvalue weighted by Gasteiger charge is -2.60. The SMILES string of the molecule is C[C@@H]1CC[C@@]2(OC1)O[C@H]1C[C@H]3[C@@H]4CC[C@H]5C[C@@H](O[C@@H]6O[C@H](CO)[C@@H](O[C@@H]7O[C@H](COC(=O)Nc8ccccc8F)[C@@H](O)[C@H](O)[C@H]7O)[C@H](O)[C@H]6O)CC[C@]5(C)[C@H]4C(=O)C[C@]3(C)[C@H]1[C@@H]2C. The Morgan fingerprint density at radius 2 is 1.60 bits per heavy atom. The van der Waals surface area contributed by atoms with Crippen molar-refractivity contribution < 1.29 is 77.8 Å². The normalized spacial score (nSPS) is 50.6. The van der Waals surface area contributed by atoms with Gasteiger partial charge in [-0.15, -0.1) is 0 Å². The van der Waals surface area contributed by atoms with Crippen molar-refractivity contribution in [1.29, 1.82) is 0 Å². The van der Waals surface area contributed by atoms with Gasteiger partial charge in [0.1, 0.15) is 67.0 Å². The molecule has 4 saturated carbocycles. The summed E-state index contributed by atoms with van der Waals surface area (Å²) in [5.74, 6) is 0.955. The van der Waals surface area contributed by atoms with Crippen molar-refractivity contribution in [2.75, 3.05) is 25.1 Å². The number of aliphatic hydroxyl groups excluding tert-OH is 6. The van der Waals surface area contributed by atoms with Gasteiger partial charge in [0.25, 0.3) is 0 Å². The zero-order valence-corrected chi connectivity index (χ0v) is 36.5. The Morgan fingerprint density at radius 1 is 0.873 bits per heavy atom. The molecule has 4 heterocycles. The summed E-state index contributed by atoms with van der Waals surface area (Å²) in [4.78, 5) is 26.9. The maximum Gasteiger partial charge on any atom is 0.411 e. The molecule has 1 aromatic carbocycles. The Balaban J connectivity index is 0.806. The van der Waals surface area contributed by atoms with Crippen LogP contribution in [0.4, 0.5) is 14.9 Å². The van der Waals surface area contributed by atoms with Crippen LogP contribution in [0.2, 0.25) is 0 Å². The minimum absolute atomic E-state index is 0.0562. The molecule has 8 aliphatic rings. The van der Waals surface area contributed by atoms with Gasteiger partial charge in [0.05, 0.1) is 31.1 Å². The topological polar surface area (TPSA) is 232 Å². The number of aliphatic hydroxyl groups is 6. The van der Waals surface area contributed by atoms with E-state index in [1.54, 1.807) is 0 Å². The van der Waals surface area contributed by atoms with E-state index in [0.717, 1.165) is 44.6 Å². The molecule has 1 spiro atoms. The van der Waals surface area contributed by atoms with E-state index in [1.807, 2.05) is 0 Å². The zero-order chi connectivity index (χ0) is 44.7. The molecule has 17 heteroatoms. The van der Waals surface area contributed by atoms with Crippen LogP contribution in [0.25, 0.3) is 0 Å². The number of ketones is 1. The molecule has 16 nitrogen and oxygen atoms in total. The van der Waals surface area contributed by atoms with Crippen LogP contribution in [0.3, 0.4) is 0 Å². The van der Waals surface area contributed by atoms with Gasteiger partial charge in [0, 0.05) is 24.7 Å². The first-order valence-corrected chi connectivity index (χ1v) is 23.1. The quantitative estimate of drug-likeness (QED) is 0.186. The number of nitrogens with one attached hydrogen (secondary N) is 1. The van der Waals surface area contributed by atoms with Crippen LogP contribution in [0.5, 0.6) is 0 Å². The van der Waals surface area contributed by atoms with Crippen molar-refractivity contribution in [1.82, 2.24) is 0 Å². The summed E-state index contributed by atoms with van der Waals surface area (Å²) >= 11 is 0. The number of hydrogen-bond acceptors (Lipinski definition) is 15. The van der Waals surface area contributed by atoms with Crippen LogP contribution in [-0.4, -0.2) is 142 Å². The van der Waals surface area contributed by atoms with Crippen molar-refractivity contribution >= 4 is 17.6 Å². The van der Waals surface area contributed by atoms with E-state index in [4.69, 9.17) is 33.2 Å². The van der Waals surface area contributed by atoms with Gasteiger partial charge < -0.3 is 63.8 Å². The summed E-state index contributed by atoms with van der Waals surface area (Å²) in [7, 11) is 0. The highest BCUT2D eigenvalue weighted by Crippen LogP contribution is 2.70. The summed E-state index contributed by atoms with van der Waals surface area (Å²) < 4.78 is 56.3. The van der Waals surface area contributed by atoms with Gasteiger partial charge in [-0.1, -0.05) is 39.8 Å². The predicted molar refractivity (Wildman–Crippen MR) is 218 cm³/mol. The highest BCUT2D eigenvalue weighted by Gasteiger charge is 2.71. The Labute approximate surface area is 367 Å². The number of fused-ring (bicyclic) bond motifs is 7. The molecule has 4 aliphatic heterocycles. The number of hydrogen-bond donors (Lipinski definition) is 7. The van der Waals surface area contributed by atoms with Crippen LogP contribution in [0.15, 0.2) is 24.3 Å². The van der Waals surface area contributed by atoms with Crippen LogP contribution < -0.4 is 5.32 Å². The first-order valence-electron chi connectivity index (χ1n) is 23.1. The monoisotopic (exact) mass is 891 g/mol. The summed E-state index contributed by atoms with van der Waals surface area (Å²) in [5.41, 5.74) is -0.512. The molecule has 1 amide bonds. The molecule has 352 valence electrons. The Morgan fingerprint density at radius 3 is 2.33 bits per heavy atom. The third kappa shape index (κ3) is 7.86. The van der Waals surface area contributed by atoms with Gasteiger partial charge in [0.15, 0.2) is 18.4 Å². The molecule has 4 aliphatic carbocycles. The fourth-order valence-electron chi connectivity index (χ4n) is 13.9. The molecule has 8 fully saturated rings. The molecular formula is C46H66FNO15. The Kier molecular flexibility index (Phi) is 12.6. The zero-order valence-electron chi connectivity index (χ0n) is 36.5. The predicted octanol–water partition coefficient (Wildman–Crippen LogP) is 3.02. The lowest BCUT2D eigenvalue weighted by atomic mass is 9.44. The van der Waals surface area contributed by atoms with E-state index in [-0.39, 0.29) is 58.3 Å². The van der Waals surface area contributed by atoms with Gasteiger partial charge in [-0.3, -0.25) is 10.1 Å². The lowest BCUT2D eigenvalue weighted by molar-refractivity contribution is -0.364. The fraction of sp³-hybridized carbons (Fsp3) is 0.826. The number of carbonyl (C=O) groups is 2. The standard InChI is InChI=1S/C46H66FNO15/c1-21-11-14-46(58-19-21)22(2)33-30(63-46)16-26-25-10-9-23-15-24(12-13-44(23,3)34(25)29(50)17-45(26,33)4)59-41-39(55)37(53)40(31(18-49)60-41)62-42-38(54)36(52)35(51)32(61-42)20-57-43(56)48-28-8-6-5-7-27(28)47/h5-8,21-26,30-42,49,51-55H,9-20H2,1-4H3,(H,48,56)/t21-,22+,23+,24+,25+,26+,30+,31-,32-,33+,34-,35-,36+,37-,38-,39-,40-,41-,42+,44+,45+,46-/m1/s1. The van der Waals surface area contributed by atoms with Gasteiger partial charge >= 0.3 is 6.09 Å². The molecule has 7 N–H and O–H groups in total. The molecule has 9 rings (SSSR count). The van der Waals surface area contributed by atoms with E-state index in [2.05, 4.69) is 33.0 Å². The number of Topliss-reactive ketones (excluding diaryl/α,β-unsaturated/α-hetero) is 1. The van der Waals surface area contributed by atoms with Crippen LogP contribution >= 0.6 is 0 Å². The smallest absolute Gasteiger partial charge is 0.411 e. The molecule has 22 atom stereocenters. The number of carbonyl (C=O) groups excluding carboxylic acids is 2. The van der Waals surface area contributed by atoms with Crippen molar-refractivity contribution in [3.05, 3.63) is 30.1 Å². The van der Waals surface area contributed by atoms with E-state index in [0.29, 0.717) is 43.5 Å². The first-order chi connectivity index (χ1) is 30.0. The third-order valence-electron chi connectivity index (χ3n) is 17.2. The summed E-state index contributed by atoms with van der Waals surface area (Å²) in [6, 6.07) is 5.39. The molecule has 0 radical (unpaired) electrons. The Bertz CT molecular complexity index is 1830. The van der Waals surface area contributed by atoms with Gasteiger partial charge in [0.2, 0.25) is 0 Å². The maximum atomic E-state index is 14.6. The average Bonchev–Trinajstić information content (AvgIpc) is 3.70. The van der Waals surface area contributed by atoms with Gasteiger partial charge in [-0.05, 0) is 97.5 Å². The number of rotatable bonds is 8. The second-order valence-electron chi connectivity index (χ2n) is 20.7. The van der Waals surface area contributed by atoms with Gasteiger partial charge in [-0.2, -0.15) is 0 Å². The number of benzene rings is 1. The molecular weight excluding hydrogens is 825 g/mol. The molecule has 63 heavy (non-hydrogen) atoms. The van der Waals surface area contributed by atoms with Crippen LogP contribution in [-0.2, 0) is 38.0 Å². The molecule has 1 aromatic rings. The van der Waals surface area contributed by atoms with E-state index in [9.17, 15) is 44.6 Å². The number of para-hydroxylation sites is 1. The van der Waals surface area contributed by atoms with Crippen LogP contribution in [0.1, 0.15) is 85.5 Å². The molecule has 0 unspecified atom stereocenters. The second-order valence-corrected chi connectivity index (χ2v) is 20.7. The summed E-state index contributed by atoms with van der Waals surface area (Å²) in [6.45, 7) is 8.50. The molecule has 0 bridgehead atoms. The maximum absolute atomic E-state index is 14.6. The van der Waals surface area contributed by atoms with E-state index < -0.39 is 92.3 Å². The highest BCUT2D eigenvalue weighted by atomic mass is 19.1. The van der Waals surface area contributed by atoms with Crippen molar-refractivity contribution in [3.63, 3.8) is 0 Å². The fourth-order valence-corrected chi connectivity index (χ4v) is 13.9. The summed E-state index contributed by atoms with van der Waals surface area (Å²) in [5, 5.41) is 67.3. The lowest BCUT2D eigenvalue weighted by Crippen LogP contribution is -2.65. The van der Waals surface area contributed by atoms with Crippen molar-refractivity contribution in [3.8, 4) is 0 Å². The van der Waals surface area contributed by atoms with Crippen LogP contribution in [0, 0.1) is 58.1 Å². The minimum Gasteiger partial charge on any atom is -0.446 e. The second kappa shape index (κ2) is 17.4. The highest BCUT2D eigenvalue weighted by molar-refractivity contribution is 5.85. The number of halogens is 1. The molecule has 4 saturated heterocycles. The number of ether oxygens (including phenoxy) is 7.